The molecule has 0 radical (unpaired) electrons. The molecule has 8 nitrogen and oxygen atoms in total. The molecule has 0 saturated heterocycles. The predicted molar refractivity (Wildman–Crippen MR) is 130 cm³/mol. The van der Waals surface area contributed by atoms with Gasteiger partial charge in [0.05, 0.1) is 29.2 Å². The maximum Gasteiger partial charge on any atom is 0.413 e. The first kappa shape index (κ1) is 22.3. The van der Waals surface area contributed by atoms with E-state index in [4.69, 9.17) is 4.74 Å². The third kappa shape index (κ3) is 4.50. The van der Waals surface area contributed by atoms with Crippen molar-refractivity contribution in [3.63, 3.8) is 0 Å². The van der Waals surface area contributed by atoms with Gasteiger partial charge >= 0.3 is 12.1 Å². The third-order valence-electron chi connectivity index (χ3n) is 6.31. The van der Waals surface area contributed by atoms with Crippen LogP contribution in [0.5, 0.6) is 0 Å². The average Bonchev–Trinajstić information content (AvgIpc) is 3.58. The molecular weight excluding hydrogens is 444 g/mol. The number of carbonyl (C=O) groups excluding carboxylic acids is 1. The molecule has 1 aliphatic carbocycles. The van der Waals surface area contributed by atoms with Gasteiger partial charge in [0.15, 0.2) is 0 Å². The monoisotopic (exact) mass is 468 g/mol. The second kappa shape index (κ2) is 9.06. The van der Waals surface area contributed by atoms with Gasteiger partial charge < -0.3 is 9.84 Å². The van der Waals surface area contributed by atoms with Crippen LogP contribution in [0.2, 0.25) is 0 Å². The van der Waals surface area contributed by atoms with Crippen molar-refractivity contribution in [1.29, 1.82) is 0 Å². The first-order valence-electron chi connectivity index (χ1n) is 11.3. The summed E-state index contributed by atoms with van der Waals surface area (Å²) in [6.45, 7) is 1.81. The van der Waals surface area contributed by atoms with Gasteiger partial charge in [-0.25, -0.2) is 9.48 Å². The average molecular weight is 469 g/mol. The fourth-order valence-electron chi connectivity index (χ4n) is 4.08. The Hall–Kier alpha value is -4.46. The highest BCUT2D eigenvalue weighted by molar-refractivity contribution is 5.85. The van der Waals surface area contributed by atoms with Crippen LogP contribution < -0.4 is 5.32 Å². The molecule has 2 heterocycles. The first-order valence-corrected chi connectivity index (χ1v) is 11.3. The van der Waals surface area contributed by atoms with E-state index in [1.54, 1.807) is 23.1 Å². The highest BCUT2D eigenvalue weighted by Gasteiger charge is 2.51. The molecule has 0 aliphatic heterocycles. The Kier molecular flexibility index (Phi) is 5.78. The van der Waals surface area contributed by atoms with Crippen LogP contribution in [0.15, 0.2) is 85.2 Å². The summed E-state index contributed by atoms with van der Waals surface area (Å²) >= 11 is 0. The van der Waals surface area contributed by atoms with Crippen LogP contribution in [0.4, 0.5) is 10.6 Å². The SMILES string of the molecule is CC(OC(=O)Nc1ccnn1-c1ccc(-c2ccc(C3(C(=O)O)CC3)cc2)nc1)c1ccccc1. The van der Waals surface area contributed by atoms with Gasteiger partial charge in [-0.1, -0.05) is 54.6 Å². The van der Waals surface area contributed by atoms with E-state index in [-0.39, 0.29) is 0 Å². The molecule has 1 aliphatic rings. The van der Waals surface area contributed by atoms with E-state index in [0.717, 1.165) is 22.4 Å². The van der Waals surface area contributed by atoms with E-state index in [2.05, 4.69) is 15.4 Å². The molecule has 2 aromatic heterocycles. The van der Waals surface area contributed by atoms with Crippen LogP contribution >= 0.6 is 0 Å². The molecule has 0 spiro atoms. The number of nitrogens with zero attached hydrogens (tertiary/aromatic N) is 3. The molecule has 35 heavy (non-hydrogen) atoms. The number of nitrogens with one attached hydrogen (secondary N) is 1. The van der Waals surface area contributed by atoms with Crippen LogP contribution in [-0.2, 0) is 14.9 Å². The van der Waals surface area contributed by atoms with E-state index >= 15 is 0 Å². The van der Waals surface area contributed by atoms with E-state index in [1.807, 2.05) is 73.7 Å². The summed E-state index contributed by atoms with van der Waals surface area (Å²) in [4.78, 5) is 28.5. The number of pyridine rings is 1. The van der Waals surface area contributed by atoms with Crippen molar-refractivity contribution in [2.75, 3.05) is 5.32 Å². The standard InChI is InChI=1S/C27H24N4O4/c1-18(19-5-3-2-4-6-19)35-26(34)30-24-13-16-29-31(24)22-11-12-23(28-17-22)20-7-9-21(10-8-20)27(14-15-27)25(32)33/h2-13,16-18H,14-15H2,1H3,(H,30,34)(H,32,33). The number of carboxylic acids is 1. The van der Waals surface area contributed by atoms with Gasteiger partial charge in [0.25, 0.3) is 0 Å². The Morgan fingerprint density at radius 1 is 1.03 bits per heavy atom. The van der Waals surface area contributed by atoms with Gasteiger partial charge in [-0.3, -0.25) is 15.1 Å². The van der Waals surface area contributed by atoms with Crippen molar-refractivity contribution in [3.8, 4) is 16.9 Å². The molecule has 1 unspecified atom stereocenters. The minimum Gasteiger partial charge on any atom is -0.481 e. The Morgan fingerprint density at radius 2 is 1.77 bits per heavy atom. The van der Waals surface area contributed by atoms with E-state index in [9.17, 15) is 14.7 Å². The molecule has 1 saturated carbocycles. The van der Waals surface area contributed by atoms with E-state index in [1.165, 1.54) is 0 Å². The third-order valence-corrected chi connectivity index (χ3v) is 6.31. The summed E-state index contributed by atoms with van der Waals surface area (Å²) in [5.74, 6) is -0.313. The maximum atomic E-state index is 12.4. The van der Waals surface area contributed by atoms with Gasteiger partial charge in [-0.2, -0.15) is 5.10 Å². The zero-order chi connectivity index (χ0) is 24.4. The number of benzene rings is 2. The Bertz CT molecular complexity index is 1340. The van der Waals surface area contributed by atoms with Crippen molar-refractivity contribution in [1.82, 2.24) is 14.8 Å². The van der Waals surface area contributed by atoms with Crippen LogP contribution in [0.3, 0.4) is 0 Å². The number of ether oxygens (including phenoxy) is 1. The topological polar surface area (TPSA) is 106 Å². The van der Waals surface area contributed by atoms with Crippen molar-refractivity contribution in [2.24, 2.45) is 0 Å². The van der Waals surface area contributed by atoms with Gasteiger partial charge in [-0.05, 0) is 43.0 Å². The van der Waals surface area contributed by atoms with Gasteiger partial charge in [-0.15, -0.1) is 0 Å². The van der Waals surface area contributed by atoms with E-state index < -0.39 is 23.6 Å². The lowest BCUT2D eigenvalue weighted by molar-refractivity contribution is -0.140. The normalized spacial score (nSPS) is 14.7. The number of hydrogen-bond acceptors (Lipinski definition) is 5. The van der Waals surface area contributed by atoms with Gasteiger partial charge in [0.2, 0.25) is 0 Å². The highest BCUT2D eigenvalue weighted by atomic mass is 16.6. The summed E-state index contributed by atoms with van der Waals surface area (Å²) in [5.41, 5.74) is 3.31. The number of hydrogen-bond donors (Lipinski definition) is 2. The largest absolute Gasteiger partial charge is 0.481 e. The lowest BCUT2D eigenvalue weighted by atomic mass is 9.95. The van der Waals surface area contributed by atoms with E-state index in [0.29, 0.717) is 24.3 Å². The molecule has 1 atom stereocenters. The fraction of sp³-hybridized carbons (Fsp3) is 0.185. The smallest absolute Gasteiger partial charge is 0.413 e. The second-order valence-corrected chi connectivity index (χ2v) is 8.58. The van der Waals surface area contributed by atoms with Crippen molar-refractivity contribution >= 4 is 17.9 Å². The van der Waals surface area contributed by atoms with Crippen molar-refractivity contribution in [3.05, 3.63) is 96.3 Å². The van der Waals surface area contributed by atoms with Crippen LogP contribution in [0.25, 0.3) is 16.9 Å². The Balaban J connectivity index is 1.27. The first-order chi connectivity index (χ1) is 17.0. The zero-order valence-electron chi connectivity index (χ0n) is 19.1. The maximum absolute atomic E-state index is 12.4. The summed E-state index contributed by atoms with van der Waals surface area (Å²) < 4.78 is 7.05. The summed E-state index contributed by atoms with van der Waals surface area (Å²) in [5, 5.41) is 16.5. The van der Waals surface area contributed by atoms with Crippen molar-refractivity contribution < 1.29 is 19.4 Å². The number of anilines is 1. The molecule has 5 rings (SSSR count). The lowest BCUT2D eigenvalue weighted by Crippen LogP contribution is -2.19. The Morgan fingerprint density at radius 3 is 2.40 bits per heavy atom. The molecule has 2 N–H and O–H groups in total. The summed E-state index contributed by atoms with van der Waals surface area (Å²) in [6.07, 6.45) is 3.62. The number of carbonyl (C=O) groups is 2. The number of rotatable bonds is 7. The second-order valence-electron chi connectivity index (χ2n) is 8.58. The molecule has 1 fully saturated rings. The zero-order valence-corrected chi connectivity index (χ0v) is 19.1. The quantitative estimate of drug-likeness (QED) is 0.378. The summed E-state index contributed by atoms with van der Waals surface area (Å²) in [6, 6.07) is 22.4. The molecular formula is C27H24N4O4. The molecule has 176 valence electrons. The van der Waals surface area contributed by atoms with Gasteiger partial charge in [0, 0.05) is 11.6 Å². The number of aliphatic carboxylic acids is 1. The molecule has 8 heteroatoms. The molecule has 4 aromatic rings. The fourth-order valence-corrected chi connectivity index (χ4v) is 4.08. The highest BCUT2D eigenvalue weighted by Crippen LogP contribution is 2.48. The number of amides is 1. The number of carboxylic acid groups (broad SMARTS) is 1. The molecule has 2 aromatic carbocycles. The number of aromatic nitrogens is 3. The minimum absolute atomic E-state index is 0.398. The van der Waals surface area contributed by atoms with Crippen LogP contribution in [-0.4, -0.2) is 31.9 Å². The van der Waals surface area contributed by atoms with Gasteiger partial charge in [0.1, 0.15) is 11.9 Å². The Labute approximate surface area is 202 Å². The minimum atomic E-state index is -0.769. The molecule has 0 bridgehead atoms. The predicted octanol–water partition coefficient (Wildman–Crippen LogP) is 5.36. The van der Waals surface area contributed by atoms with Crippen LogP contribution in [0, 0.1) is 0 Å². The van der Waals surface area contributed by atoms with Crippen LogP contribution in [0.1, 0.15) is 37.0 Å². The molecule has 1 amide bonds. The summed E-state index contributed by atoms with van der Waals surface area (Å²) in [7, 11) is 0. The van der Waals surface area contributed by atoms with Crippen molar-refractivity contribution in [2.45, 2.75) is 31.3 Å². The lowest BCUT2D eigenvalue weighted by Gasteiger charge is -2.15.